The number of ketones is 1. The van der Waals surface area contributed by atoms with Crippen LogP contribution < -0.4 is 15.0 Å². The van der Waals surface area contributed by atoms with Crippen LogP contribution in [0.15, 0.2) is 70.6 Å². The van der Waals surface area contributed by atoms with E-state index in [0.29, 0.717) is 17.0 Å². The predicted molar refractivity (Wildman–Crippen MR) is 112 cm³/mol. The highest BCUT2D eigenvalue weighted by Gasteiger charge is 2.14. The molecule has 0 saturated heterocycles. The first-order valence-electron chi connectivity index (χ1n) is 9.12. The fourth-order valence-corrected chi connectivity index (χ4v) is 3.79. The number of benzene rings is 2. The van der Waals surface area contributed by atoms with Gasteiger partial charge in [-0.1, -0.05) is 12.1 Å². The monoisotopic (exact) mass is 427 g/mol. The van der Waals surface area contributed by atoms with Crippen molar-refractivity contribution in [3.8, 4) is 17.0 Å². The molecule has 3 rings (SSSR count). The van der Waals surface area contributed by atoms with Gasteiger partial charge >= 0.3 is 0 Å². The summed E-state index contributed by atoms with van der Waals surface area (Å²) in [4.78, 5) is 28.0. The molecule has 30 heavy (non-hydrogen) atoms. The van der Waals surface area contributed by atoms with Crippen molar-refractivity contribution in [1.82, 2.24) is 14.3 Å². The van der Waals surface area contributed by atoms with Crippen LogP contribution in [0.2, 0.25) is 0 Å². The molecule has 8 nitrogen and oxygen atoms in total. The fourth-order valence-electron chi connectivity index (χ4n) is 2.77. The average Bonchev–Trinajstić information content (AvgIpc) is 2.75. The molecule has 0 spiro atoms. The second-order valence-electron chi connectivity index (χ2n) is 6.51. The van der Waals surface area contributed by atoms with Crippen LogP contribution in [0.1, 0.15) is 17.3 Å². The first-order chi connectivity index (χ1) is 14.3. The standard InChI is InChI=1S/C21H21N3O5S/c1-15(25)16-5-9-19(10-6-16)30(27,28)23-11-12-24-14-22-20(13-21(24)26)17-3-7-18(29-2)8-4-17/h3-10,13-14,23H,11-12H2,1-2H3. The van der Waals surface area contributed by atoms with Gasteiger partial charge in [0, 0.05) is 30.3 Å². The van der Waals surface area contributed by atoms with Crippen LogP contribution in [0.25, 0.3) is 11.3 Å². The number of methoxy groups -OCH3 is 1. The van der Waals surface area contributed by atoms with E-state index in [2.05, 4.69) is 9.71 Å². The normalized spacial score (nSPS) is 11.3. The highest BCUT2D eigenvalue weighted by molar-refractivity contribution is 7.89. The van der Waals surface area contributed by atoms with Crippen LogP contribution in [-0.4, -0.2) is 37.4 Å². The second kappa shape index (κ2) is 9.02. The molecule has 0 aliphatic carbocycles. The van der Waals surface area contributed by atoms with Crippen LogP contribution in [0.3, 0.4) is 0 Å². The second-order valence-corrected chi connectivity index (χ2v) is 8.28. The van der Waals surface area contributed by atoms with Crippen molar-refractivity contribution in [2.75, 3.05) is 13.7 Å². The minimum Gasteiger partial charge on any atom is -0.497 e. The van der Waals surface area contributed by atoms with E-state index in [1.54, 1.807) is 31.4 Å². The maximum absolute atomic E-state index is 12.4. The molecular weight excluding hydrogens is 406 g/mol. The molecule has 2 aromatic carbocycles. The highest BCUT2D eigenvalue weighted by atomic mass is 32.2. The van der Waals surface area contributed by atoms with Crippen molar-refractivity contribution in [2.45, 2.75) is 18.4 Å². The van der Waals surface area contributed by atoms with Crippen molar-refractivity contribution in [1.29, 1.82) is 0 Å². The third-order valence-electron chi connectivity index (χ3n) is 4.48. The lowest BCUT2D eigenvalue weighted by Crippen LogP contribution is -2.30. The van der Waals surface area contributed by atoms with Gasteiger partial charge in [0.25, 0.3) is 5.56 Å². The van der Waals surface area contributed by atoms with E-state index in [-0.39, 0.29) is 29.3 Å². The number of hydrogen-bond acceptors (Lipinski definition) is 6. The van der Waals surface area contributed by atoms with Crippen LogP contribution in [0.5, 0.6) is 5.75 Å². The third kappa shape index (κ3) is 5.00. The van der Waals surface area contributed by atoms with Gasteiger partial charge in [0.15, 0.2) is 5.78 Å². The zero-order valence-electron chi connectivity index (χ0n) is 16.5. The number of Topliss-reactive ketones (excluding diaryl/α,β-unsaturated/α-hetero) is 1. The summed E-state index contributed by atoms with van der Waals surface area (Å²) >= 11 is 0. The molecule has 0 unspecified atom stereocenters. The Morgan fingerprint density at radius 2 is 1.77 bits per heavy atom. The number of hydrogen-bond donors (Lipinski definition) is 1. The fraction of sp³-hybridized carbons (Fsp3) is 0.190. The number of nitrogens with one attached hydrogen (secondary N) is 1. The molecule has 0 saturated carbocycles. The van der Waals surface area contributed by atoms with Crippen LogP contribution >= 0.6 is 0 Å². The number of carbonyl (C=O) groups is 1. The van der Waals surface area contributed by atoms with Gasteiger partial charge in [-0.2, -0.15) is 0 Å². The van der Waals surface area contributed by atoms with Gasteiger partial charge in [-0.15, -0.1) is 0 Å². The van der Waals surface area contributed by atoms with Crippen molar-refractivity contribution < 1.29 is 17.9 Å². The molecule has 0 fully saturated rings. The molecule has 1 N–H and O–H groups in total. The van der Waals surface area contributed by atoms with Crippen LogP contribution in [-0.2, 0) is 16.6 Å². The van der Waals surface area contributed by atoms with E-state index in [9.17, 15) is 18.0 Å². The van der Waals surface area contributed by atoms with Gasteiger partial charge < -0.3 is 4.74 Å². The summed E-state index contributed by atoms with van der Waals surface area (Å²) in [6.07, 6.45) is 1.39. The minimum atomic E-state index is -3.75. The summed E-state index contributed by atoms with van der Waals surface area (Å²) in [5, 5.41) is 0. The Bertz CT molecular complexity index is 1200. The van der Waals surface area contributed by atoms with Gasteiger partial charge in [0.1, 0.15) is 5.75 Å². The van der Waals surface area contributed by atoms with E-state index in [0.717, 1.165) is 5.56 Å². The van der Waals surface area contributed by atoms with E-state index in [1.807, 2.05) is 0 Å². The Balaban J connectivity index is 1.65. The lowest BCUT2D eigenvalue weighted by molar-refractivity contribution is 0.101. The van der Waals surface area contributed by atoms with Gasteiger partial charge in [0.05, 0.1) is 24.0 Å². The van der Waals surface area contributed by atoms with Crippen molar-refractivity contribution in [2.24, 2.45) is 0 Å². The first-order valence-corrected chi connectivity index (χ1v) is 10.6. The molecule has 1 aromatic heterocycles. The van der Waals surface area contributed by atoms with Gasteiger partial charge in [-0.3, -0.25) is 14.2 Å². The Morgan fingerprint density at radius 1 is 1.10 bits per heavy atom. The van der Waals surface area contributed by atoms with Gasteiger partial charge in [-0.05, 0) is 43.3 Å². The Morgan fingerprint density at radius 3 is 2.33 bits per heavy atom. The van der Waals surface area contributed by atoms with E-state index >= 15 is 0 Å². The predicted octanol–water partition coefficient (Wildman–Crippen LogP) is 2.10. The maximum atomic E-state index is 12.4. The lowest BCUT2D eigenvalue weighted by Gasteiger charge is -2.09. The van der Waals surface area contributed by atoms with Crippen molar-refractivity contribution >= 4 is 15.8 Å². The number of aromatic nitrogens is 2. The quantitative estimate of drug-likeness (QED) is 0.552. The third-order valence-corrected chi connectivity index (χ3v) is 5.96. The Labute approximate surface area is 174 Å². The summed E-state index contributed by atoms with van der Waals surface area (Å²) in [5.74, 6) is 0.562. The molecule has 3 aromatic rings. The lowest BCUT2D eigenvalue weighted by atomic mass is 10.1. The first kappa shape index (κ1) is 21.4. The summed E-state index contributed by atoms with van der Waals surface area (Å²) in [6.45, 7) is 1.55. The molecule has 0 aliphatic rings. The average molecular weight is 427 g/mol. The zero-order valence-corrected chi connectivity index (χ0v) is 17.3. The van der Waals surface area contributed by atoms with E-state index in [1.165, 1.54) is 48.1 Å². The maximum Gasteiger partial charge on any atom is 0.253 e. The number of rotatable bonds is 8. The van der Waals surface area contributed by atoms with Gasteiger partial charge in [-0.25, -0.2) is 18.1 Å². The summed E-state index contributed by atoms with van der Waals surface area (Å²) in [7, 11) is -2.18. The molecule has 0 atom stereocenters. The molecular formula is C21H21N3O5S. The molecule has 156 valence electrons. The van der Waals surface area contributed by atoms with Crippen LogP contribution in [0, 0.1) is 0 Å². The highest BCUT2D eigenvalue weighted by Crippen LogP contribution is 2.19. The largest absolute Gasteiger partial charge is 0.497 e. The molecule has 1 heterocycles. The molecule has 9 heteroatoms. The minimum absolute atomic E-state index is 0.0141. The van der Waals surface area contributed by atoms with Gasteiger partial charge in [0.2, 0.25) is 10.0 Å². The summed E-state index contributed by atoms with van der Waals surface area (Å²) in [5.41, 5.74) is 1.43. The molecule has 0 radical (unpaired) electrons. The van der Waals surface area contributed by atoms with E-state index < -0.39 is 10.0 Å². The smallest absolute Gasteiger partial charge is 0.253 e. The Kier molecular flexibility index (Phi) is 6.43. The number of ether oxygens (including phenoxy) is 1. The zero-order chi connectivity index (χ0) is 21.7. The Hall–Kier alpha value is -3.30. The van der Waals surface area contributed by atoms with Crippen molar-refractivity contribution in [3.63, 3.8) is 0 Å². The topological polar surface area (TPSA) is 107 Å². The number of sulfonamides is 1. The molecule has 0 bridgehead atoms. The number of nitrogens with zero attached hydrogens (tertiary/aromatic N) is 2. The molecule has 0 aliphatic heterocycles. The van der Waals surface area contributed by atoms with Crippen molar-refractivity contribution in [3.05, 3.63) is 76.8 Å². The summed E-state index contributed by atoms with van der Waals surface area (Å²) in [6, 6.07) is 14.2. The van der Waals surface area contributed by atoms with Crippen LogP contribution in [0.4, 0.5) is 0 Å². The van der Waals surface area contributed by atoms with E-state index in [4.69, 9.17) is 4.74 Å². The number of carbonyl (C=O) groups excluding carboxylic acids is 1. The summed E-state index contributed by atoms with van der Waals surface area (Å²) < 4.78 is 33.6. The molecule has 0 amide bonds. The SMILES string of the molecule is COc1ccc(-c2cc(=O)n(CCNS(=O)(=O)c3ccc(C(C)=O)cc3)cn2)cc1.